The highest BCUT2D eigenvalue weighted by Gasteiger charge is 2.13. The largest absolute Gasteiger partial charge is 0.326 e. The molecule has 0 saturated carbocycles. The van der Waals surface area contributed by atoms with Gasteiger partial charge in [-0.3, -0.25) is 4.90 Å². The van der Waals surface area contributed by atoms with Gasteiger partial charge < -0.3 is 5.73 Å². The highest BCUT2D eigenvalue weighted by molar-refractivity contribution is 5.24. The zero-order valence-corrected chi connectivity index (χ0v) is 12.5. The van der Waals surface area contributed by atoms with E-state index in [1.807, 2.05) is 6.07 Å². The Hall–Kier alpha value is -0.930. The van der Waals surface area contributed by atoms with Crippen molar-refractivity contribution in [2.75, 3.05) is 6.54 Å². The van der Waals surface area contributed by atoms with Crippen LogP contribution in [0.5, 0.6) is 0 Å². The monoisotopic (exact) mass is 266 g/mol. The zero-order chi connectivity index (χ0) is 14.3. The average Bonchev–Trinajstić information content (AvgIpc) is 2.41. The molecule has 0 aliphatic rings. The van der Waals surface area contributed by atoms with Gasteiger partial charge in [0.25, 0.3) is 0 Å². The zero-order valence-electron chi connectivity index (χ0n) is 12.5. The van der Waals surface area contributed by atoms with E-state index >= 15 is 0 Å². The molecule has 0 radical (unpaired) electrons. The van der Waals surface area contributed by atoms with Gasteiger partial charge in [-0.2, -0.15) is 0 Å². The van der Waals surface area contributed by atoms with Gasteiger partial charge in [-0.15, -0.1) is 0 Å². The summed E-state index contributed by atoms with van der Waals surface area (Å²) in [6.45, 7) is 8.89. The number of nitrogens with two attached hydrogens (primary N) is 1. The molecule has 108 valence electrons. The molecule has 0 spiro atoms. The van der Waals surface area contributed by atoms with E-state index in [2.05, 4.69) is 25.7 Å². The van der Waals surface area contributed by atoms with Crippen molar-refractivity contribution in [3.05, 3.63) is 35.1 Å². The highest BCUT2D eigenvalue weighted by Crippen LogP contribution is 2.15. The Morgan fingerprint density at radius 1 is 1.21 bits per heavy atom. The summed E-state index contributed by atoms with van der Waals surface area (Å²) < 4.78 is 13.5. The Morgan fingerprint density at radius 3 is 2.47 bits per heavy atom. The lowest BCUT2D eigenvalue weighted by atomic mass is 10.1. The predicted octanol–water partition coefficient (Wildman–Crippen LogP) is 3.69. The molecule has 0 saturated heterocycles. The smallest absolute Gasteiger partial charge is 0.123 e. The number of hydrogen-bond donors (Lipinski definition) is 1. The maximum absolute atomic E-state index is 13.5. The molecule has 0 amide bonds. The van der Waals surface area contributed by atoms with E-state index in [0.29, 0.717) is 12.6 Å². The Kier molecular flexibility index (Phi) is 7.03. The molecule has 0 fully saturated rings. The van der Waals surface area contributed by atoms with Crippen molar-refractivity contribution in [2.24, 2.45) is 5.73 Å². The van der Waals surface area contributed by atoms with Gasteiger partial charge in [0.05, 0.1) is 0 Å². The van der Waals surface area contributed by atoms with Gasteiger partial charge in [0.1, 0.15) is 5.82 Å². The molecule has 1 atom stereocenters. The second kappa shape index (κ2) is 8.28. The van der Waals surface area contributed by atoms with Crippen LogP contribution in [0.15, 0.2) is 18.2 Å². The molecule has 1 rings (SSSR count). The van der Waals surface area contributed by atoms with Crippen LogP contribution in [0.1, 0.15) is 51.2 Å². The predicted molar refractivity (Wildman–Crippen MR) is 79.4 cm³/mol. The van der Waals surface area contributed by atoms with Gasteiger partial charge in [0.2, 0.25) is 0 Å². The van der Waals surface area contributed by atoms with Crippen LogP contribution in [0.3, 0.4) is 0 Å². The van der Waals surface area contributed by atoms with Crippen LogP contribution in [0, 0.1) is 5.82 Å². The van der Waals surface area contributed by atoms with Crippen molar-refractivity contribution < 1.29 is 4.39 Å². The number of nitrogens with zero attached hydrogens (tertiary/aromatic N) is 1. The van der Waals surface area contributed by atoms with Gasteiger partial charge in [-0.25, -0.2) is 4.39 Å². The number of halogens is 1. The normalized spacial score (nSPS) is 12.9. The van der Waals surface area contributed by atoms with Crippen LogP contribution in [-0.4, -0.2) is 17.5 Å². The van der Waals surface area contributed by atoms with Crippen LogP contribution in [-0.2, 0) is 13.1 Å². The molecule has 1 aromatic carbocycles. The Labute approximate surface area is 116 Å². The lowest BCUT2D eigenvalue weighted by molar-refractivity contribution is 0.192. The summed E-state index contributed by atoms with van der Waals surface area (Å²) in [5.41, 5.74) is 7.50. The molecule has 0 aromatic heterocycles. The molecule has 1 aromatic rings. The summed E-state index contributed by atoms with van der Waals surface area (Å²) in [6, 6.07) is 5.68. The Bertz CT molecular complexity index is 379. The SMILES string of the molecule is CCCCN(Cc1cc(F)cc(CN)c1)C(C)CC. The first-order valence-electron chi connectivity index (χ1n) is 7.33. The standard InChI is InChI=1S/C16H27FN2/c1-4-6-7-19(13(3)5-2)12-15-8-14(11-18)9-16(17)10-15/h8-10,13H,4-7,11-12,18H2,1-3H3. The summed E-state index contributed by atoms with van der Waals surface area (Å²) in [6.07, 6.45) is 3.48. The van der Waals surface area contributed by atoms with E-state index in [-0.39, 0.29) is 5.82 Å². The molecule has 3 heteroatoms. The second-order valence-corrected chi connectivity index (χ2v) is 5.25. The molecule has 2 nitrogen and oxygen atoms in total. The van der Waals surface area contributed by atoms with Gasteiger partial charge >= 0.3 is 0 Å². The van der Waals surface area contributed by atoms with Crippen LogP contribution in [0.2, 0.25) is 0 Å². The minimum Gasteiger partial charge on any atom is -0.326 e. The van der Waals surface area contributed by atoms with Crippen molar-refractivity contribution in [3.63, 3.8) is 0 Å². The van der Waals surface area contributed by atoms with E-state index in [4.69, 9.17) is 5.73 Å². The molecule has 0 aliphatic carbocycles. The molecular formula is C16H27FN2. The average molecular weight is 266 g/mol. The third kappa shape index (κ3) is 5.29. The first-order valence-corrected chi connectivity index (χ1v) is 7.33. The van der Waals surface area contributed by atoms with Crippen molar-refractivity contribution in [1.29, 1.82) is 0 Å². The van der Waals surface area contributed by atoms with Crippen LogP contribution in [0.4, 0.5) is 4.39 Å². The Morgan fingerprint density at radius 2 is 1.89 bits per heavy atom. The van der Waals surface area contributed by atoms with Gasteiger partial charge in [0.15, 0.2) is 0 Å². The van der Waals surface area contributed by atoms with E-state index in [0.717, 1.165) is 30.6 Å². The summed E-state index contributed by atoms with van der Waals surface area (Å²) in [4.78, 5) is 2.43. The van der Waals surface area contributed by atoms with E-state index in [9.17, 15) is 4.39 Å². The molecule has 0 aliphatic heterocycles. The lowest BCUT2D eigenvalue weighted by Crippen LogP contribution is -2.33. The first-order chi connectivity index (χ1) is 9.10. The summed E-state index contributed by atoms with van der Waals surface area (Å²) in [5, 5.41) is 0. The fraction of sp³-hybridized carbons (Fsp3) is 0.625. The van der Waals surface area contributed by atoms with E-state index in [1.54, 1.807) is 6.07 Å². The fourth-order valence-electron chi connectivity index (χ4n) is 2.24. The van der Waals surface area contributed by atoms with Gasteiger partial charge in [-0.1, -0.05) is 26.3 Å². The van der Waals surface area contributed by atoms with Crippen molar-refractivity contribution in [3.8, 4) is 0 Å². The topological polar surface area (TPSA) is 29.3 Å². The maximum atomic E-state index is 13.5. The minimum absolute atomic E-state index is 0.183. The Balaban J connectivity index is 2.79. The molecule has 19 heavy (non-hydrogen) atoms. The second-order valence-electron chi connectivity index (χ2n) is 5.25. The third-order valence-electron chi connectivity index (χ3n) is 3.65. The van der Waals surface area contributed by atoms with Crippen molar-refractivity contribution in [1.82, 2.24) is 4.90 Å². The maximum Gasteiger partial charge on any atom is 0.123 e. The lowest BCUT2D eigenvalue weighted by Gasteiger charge is -2.28. The molecule has 2 N–H and O–H groups in total. The van der Waals surface area contributed by atoms with Crippen LogP contribution < -0.4 is 5.73 Å². The summed E-state index contributed by atoms with van der Waals surface area (Å²) >= 11 is 0. The summed E-state index contributed by atoms with van der Waals surface area (Å²) in [7, 11) is 0. The van der Waals surface area contributed by atoms with Crippen LogP contribution in [0.25, 0.3) is 0 Å². The highest BCUT2D eigenvalue weighted by atomic mass is 19.1. The van der Waals surface area contributed by atoms with Crippen molar-refractivity contribution in [2.45, 2.75) is 59.2 Å². The molecule has 1 unspecified atom stereocenters. The summed E-state index contributed by atoms with van der Waals surface area (Å²) in [5.74, 6) is -0.183. The van der Waals surface area contributed by atoms with Crippen molar-refractivity contribution >= 4 is 0 Å². The number of rotatable bonds is 8. The van der Waals surface area contributed by atoms with E-state index in [1.165, 1.54) is 18.9 Å². The molecular weight excluding hydrogens is 239 g/mol. The number of hydrogen-bond acceptors (Lipinski definition) is 2. The fourth-order valence-corrected chi connectivity index (χ4v) is 2.24. The van der Waals surface area contributed by atoms with Gasteiger partial charge in [0, 0.05) is 19.1 Å². The third-order valence-corrected chi connectivity index (χ3v) is 3.65. The quantitative estimate of drug-likeness (QED) is 0.777. The van der Waals surface area contributed by atoms with Crippen LogP contribution >= 0.6 is 0 Å². The van der Waals surface area contributed by atoms with E-state index < -0.39 is 0 Å². The minimum atomic E-state index is -0.183. The van der Waals surface area contributed by atoms with Gasteiger partial charge in [-0.05, 0) is 49.6 Å². The first kappa shape index (κ1) is 16.1. The molecule has 0 heterocycles. The molecule has 0 bridgehead atoms. The number of benzene rings is 1. The number of unbranched alkanes of at least 4 members (excludes halogenated alkanes) is 1.